The van der Waals surface area contributed by atoms with Crippen LogP contribution in [-0.4, -0.2) is 48.2 Å². The number of rotatable bonds is 3. The van der Waals surface area contributed by atoms with Gasteiger partial charge in [0, 0.05) is 13.6 Å². The molecule has 1 aliphatic heterocycles. The number of aliphatic hydroxyl groups excluding tert-OH is 1. The summed E-state index contributed by atoms with van der Waals surface area (Å²) in [5.74, 6) is 0.0891. The molecule has 1 heterocycles. The van der Waals surface area contributed by atoms with Crippen molar-refractivity contribution in [2.24, 2.45) is 0 Å². The zero-order chi connectivity index (χ0) is 10.6. The van der Waals surface area contributed by atoms with Crippen LogP contribution in [-0.2, 0) is 4.79 Å². The fourth-order valence-corrected chi connectivity index (χ4v) is 1.91. The lowest BCUT2D eigenvalue weighted by molar-refractivity contribution is -0.137. The van der Waals surface area contributed by atoms with Crippen molar-refractivity contribution in [3.8, 4) is 0 Å². The largest absolute Gasteiger partial charge is 0.395 e. The van der Waals surface area contributed by atoms with E-state index >= 15 is 0 Å². The highest BCUT2D eigenvalue weighted by molar-refractivity contribution is 5.85. The van der Waals surface area contributed by atoms with E-state index in [2.05, 4.69) is 5.32 Å². The molecule has 0 bridgehead atoms. The Labute approximate surface area is 85.3 Å². The van der Waals surface area contributed by atoms with Crippen LogP contribution in [0.3, 0.4) is 0 Å². The van der Waals surface area contributed by atoms with Crippen molar-refractivity contribution in [1.82, 2.24) is 10.2 Å². The number of nitrogens with one attached hydrogen (secondary N) is 1. The first-order valence-electron chi connectivity index (χ1n) is 5.21. The minimum absolute atomic E-state index is 0.0261. The molecule has 2 N–H and O–H groups in total. The molecular weight excluding hydrogens is 180 g/mol. The van der Waals surface area contributed by atoms with Gasteiger partial charge in [-0.15, -0.1) is 0 Å². The van der Waals surface area contributed by atoms with Crippen LogP contribution in [0.2, 0.25) is 0 Å². The normalized spacial score (nSPS) is 27.4. The van der Waals surface area contributed by atoms with Crippen LogP contribution in [0.25, 0.3) is 0 Å². The molecular formula is C10H20N2O2. The van der Waals surface area contributed by atoms with E-state index in [0.717, 1.165) is 25.8 Å². The lowest BCUT2D eigenvalue weighted by atomic mass is 9.89. The first-order valence-corrected chi connectivity index (χ1v) is 5.21. The van der Waals surface area contributed by atoms with Gasteiger partial charge in [-0.3, -0.25) is 4.79 Å². The Morgan fingerprint density at radius 3 is 2.79 bits per heavy atom. The average molecular weight is 200 g/mol. The smallest absolute Gasteiger partial charge is 0.242 e. The highest BCUT2D eigenvalue weighted by atomic mass is 16.3. The van der Waals surface area contributed by atoms with Crippen LogP contribution in [0.1, 0.15) is 26.2 Å². The van der Waals surface area contributed by atoms with E-state index in [-0.39, 0.29) is 12.5 Å². The van der Waals surface area contributed by atoms with E-state index in [1.807, 2.05) is 6.92 Å². The standard InChI is InChI=1S/C10H20N2O2/c1-10(5-3-4-6-11-10)9(14)12(2)7-8-13/h11,13H,3-8H2,1-2H3. The molecule has 1 saturated heterocycles. The monoisotopic (exact) mass is 200 g/mol. The van der Waals surface area contributed by atoms with Gasteiger partial charge in [0.2, 0.25) is 5.91 Å². The Morgan fingerprint density at radius 1 is 1.57 bits per heavy atom. The summed E-state index contributed by atoms with van der Waals surface area (Å²) in [6.45, 7) is 3.30. The molecule has 82 valence electrons. The third-order valence-electron chi connectivity index (χ3n) is 2.87. The molecule has 1 aliphatic rings. The molecule has 1 rings (SSSR count). The molecule has 1 fully saturated rings. The second-order valence-corrected chi connectivity index (χ2v) is 4.17. The fraction of sp³-hybridized carbons (Fsp3) is 0.900. The molecule has 0 saturated carbocycles. The lowest BCUT2D eigenvalue weighted by Crippen LogP contribution is -2.57. The molecule has 1 unspecified atom stereocenters. The number of likely N-dealkylation sites (N-methyl/N-ethyl adjacent to an activating group) is 1. The highest BCUT2D eigenvalue weighted by Gasteiger charge is 2.35. The number of carbonyl (C=O) groups excluding carboxylic acids is 1. The number of nitrogens with zero attached hydrogens (tertiary/aromatic N) is 1. The fourth-order valence-electron chi connectivity index (χ4n) is 1.91. The molecule has 0 spiro atoms. The summed E-state index contributed by atoms with van der Waals surface area (Å²) in [7, 11) is 1.74. The van der Waals surface area contributed by atoms with Gasteiger partial charge in [-0.1, -0.05) is 0 Å². The SMILES string of the molecule is CN(CCO)C(=O)C1(C)CCCCN1. The Kier molecular flexibility index (Phi) is 3.89. The summed E-state index contributed by atoms with van der Waals surface area (Å²) in [5.41, 5.74) is -0.415. The van der Waals surface area contributed by atoms with E-state index in [1.165, 1.54) is 0 Å². The van der Waals surface area contributed by atoms with Gasteiger partial charge in [0.15, 0.2) is 0 Å². The van der Waals surface area contributed by atoms with Gasteiger partial charge in [0.1, 0.15) is 0 Å². The van der Waals surface area contributed by atoms with Gasteiger partial charge in [-0.2, -0.15) is 0 Å². The van der Waals surface area contributed by atoms with E-state index in [4.69, 9.17) is 5.11 Å². The molecule has 0 aromatic heterocycles. The summed E-state index contributed by atoms with van der Waals surface area (Å²) in [5, 5.41) is 12.0. The first kappa shape index (κ1) is 11.5. The van der Waals surface area contributed by atoms with Crippen LogP contribution < -0.4 is 5.32 Å². The number of piperidine rings is 1. The van der Waals surface area contributed by atoms with Crippen LogP contribution >= 0.6 is 0 Å². The Hall–Kier alpha value is -0.610. The Bertz CT molecular complexity index is 200. The van der Waals surface area contributed by atoms with Gasteiger partial charge < -0.3 is 15.3 Å². The third kappa shape index (κ3) is 2.45. The lowest BCUT2D eigenvalue weighted by Gasteiger charge is -2.36. The van der Waals surface area contributed by atoms with E-state index < -0.39 is 5.54 Å². The number of hydrogen-bond acceptors (Lipinski definition) is 3. The van der Waals surface area contributed by atoms with Gasteiger partial charge in [0.05, 0.1) is 12.1 Å². The maximum Gasteiger partial charge on any atom is 0.242 e. The maximum atomic E-state index is 12.0. The van der Waals surface area contributed by atoms with Gasteiger partial charge in [-0.05, 0) is 32.7 Å². The van der Waals surface area contributed by atoms with Crippen molar-refractivity contribution in [3.63, 3.8) is 0 Å². The Balaban J connectivity index is 2.56. The van der Waals surface area contributed by atoms with E-state index in [0.29, 0.717) is 6.54 Å². The Morgan fingerprint density at radius 2 is 2.29 bits per heavy atom. The average Bonchev–Trinajstić information content (AvgIpc) is 2.18. The van der Waals surface area contributed by atoms with Crippen molar-refractivity contribution >= 4 is 5.91 Å². The van der Waals surface area contributed by atoms with Crippen molar-refractivity contribution in [2.45, 2.75) is 31.7 Å². The quantitative estimate of drug-likeness (QED) is 0.672. The minimum atomic E-state index is -0.415. The van der Waals surface area contributed by atoms with Gasteiger partial charge in [0.25, 0.3) is 0 Å². The molecule has 0 radical (unpaired) electrons. The van der Waals surface area contributed by atoms with Gasteiger partial charge >= 0.3 is 0 Å². The molecule has 4 nitrogen and oxygen atoms in total. The number of carbonyl (C=O) groups is 1. The molecule has 0 aromatic rings. The molecule has 4 heteroatoms. The summed E-state index contributed by atoms with van der Waals surface area (Å²) in [4.78, 5) is 13.6. The summed E-state index contributed by atoms with van der Waals surface area (Å²) in [6.07, 6.45) is 3.14. The molecule has 14 heavy (non-hydrogen) atoms. The molecule has 0 aliphatic carbocycles. The number of amides is 1. The maximum absolute atomic E-state index is 12.0. The van der Waals surface area contributed by atoms with Crippen LogP contribution in [0.15, 0.2) is 0 Å². The predicted molar refractivity (Wildman–Crippen MR) is 55.0 cm³/mol. The molecule has 1 amide bonds. The van der Waals surface area contributed by atoms with Crippen molar-refractivity contribution < 1.29 is 9.90 Å². The third-order valence-corrected chi connectivity index (χ3v) is 2.87. The van der Waals surface area contributed by atoms with E-state index in [1.54, 1.807) is 11.9 Å². The van der Waals surface area contributed by atoms with Crippen molar-refractivity contribution in [2.75, 3.05) is 26.7 Å². The van der Waals surface area contributed by atoms with Crippen molar-refractivity contribution in [1.29, 1.82) is 0 Å². The molecule has 0 aromatic carbocycles. The zero-order valence-corrected chi connectivity index (χ0v) is 9.05. The molecule has 1 atom stereocenters. The predicted octanol–water partition coefficient (Wildman–Crippen LogP) is -0.0307. The number of aliphatic hydroxyl groups is 1. The van der Waals surface area contributed by atoms with Crippen LogP contribution in [0, 0.1) is 0 Å². The van der Waals surface area contributed by atoms with Crippen molar-refractivity contribution in [3.05, 3.63) is 0 Å². The minimum Gasteiger partial charge on any atom is -0.395 e. The van der Waals surface area contributed by atoms with Crippen LogP contribution in [0.5, 0.6) is 0 Å². The highest BCUT2D eigenvalue weighted by Crippen LogP contribution is 2.20. The second kappa shape index (κ2) is 4.75. The second-order valence-electron chi connectivity index (χ2n) is 4.17. The first-order chi connectivity index (χ1) is 6.60. The zero-order valence-electron chi connectivity index (χ0n) is 9.05. The van der Waals surface area contributed by atoms with E-state index in [9.17, 15) is 4.79 Å². The van der Waals surface area contributed by atoms with Crippen LogP contribution in [0.4, 0.5) is 0 Å². The number of hydrogen-bond donors (Lipinski definition) is 2. The summed E-state index contributed by atoms with van der Waals surface area (Å²) in [6, 6.07) is 0. The summed E-state index contributed by atoms with van der Waals surface area (Å²) >= 11 is 0. The topological polar surface area (TPSA) is 52.6 Å². The summed E-state index contributed by atoms with van der Waals surface area (Å²) < 4.78 is 0. The van der Waals surface area contributed by atoms with Gasteiger partial charge in [-0.25, -0.2) is 0 Å².